The molecule has 3 rings (SSSR count). The van der Waals surface area contributed by atoms with Crippen LogP contribution in [0.5, 0.6) is 0 Å². The molecule has 1 N–H and O–H groups in total. The van der Waals surface area contributed by atoms with E-state index in [1.54, 1.807) is 30.5 Å². The zero-order chi connectivity index (χ0) is 18.5. The van der Waals surface area contributed by atoms with Crippen molar-refractivity contribution in [2.45, 2.75) is 6.54 Å². The summed E-state index contributed by atoms with van der Waals surface area (Å²) in [6, 6.07) is 6.93. The molecule has 1 aliphatic rings. The van der Waals surface area contributed by atoms with Crippen molar-refractivity contribution < 1.29 is 9.59 Å². The highest BCUT2D eigenvalue weighted by atomic mass is 16.2. The van der Waals surface area contributed by atoms with Crippen molar-refractivity contribution in [3.63, 3.8) is 0 Å². The normalized spacial score (nSPS) is 14.9. The number of amides is 2. The molecule has 0 bridgehead atoms. The number of hydrogen-bond donors (Lipinski definition) is 1. The number of nitrogens with one attached hydrogen (secondary N) is 1. The Kier molecular flexibility index (Phi) is 5.48. The summed E-state index contributed by atoms with van der Waals surface area (Å²) in [5.74, 6) is 0.776. The van der Waals surface area contributed by atoms with Gasteiger partial charge < -0.3 is 14.8 Å². The van der Waals surface area contributed by atoms with E-state index in [4.69, 9.17) is 0 Å². The number of nitrogens with zero attached hydrogens (tertiary/aromatic N) is 4. The zero-order valence-electron chi connectivity index (χ0n) is 14.9. The number of carbonyl (C=O) groups is 2. The van der Waals surface area contributed by atoms with Gasteiger partial charge >= 0.3 is 0 Å². The Balaban J connectivity index is 1.54. The molecule has 2 aromatic rings. The van der Waals surface area contributed by atoms with Gasteiger partial charge in [-0.3, -0.25) is 14.5 Å². The highest BCUT2D eigenvalue weighted by Crippen LogP contribution is 2.14. The van der Waals surface area contributed by atoms with Crippen molar-refractivity contribution in [3.05, 3.63) is 60.7 Å². The molecule has 7 heteroatoms. The van der Waals surface area contributed by atoms with Gasteiger partial charge in [0, 0.05) is 56.9 Å². The summed E-state index contributed by atoms with van der Waals surface area (Å²) in [6.07, 6.45) is 4.95. The van der Waals surface area contributed by atoms with Crippen LogP contribution in [-0.4, -0.2) is 57.3 Å². The third-order valence-electron chi connectivity index (χ3n) is 4.53. The van der Waals surface area contributed by atoms with Gasteiger partial charge in [0.15, 0.2) is 0 Å². The number of imidazole rings is 1. The van der Waals surface area contributed by atoms with Crippen LogP contribution >= 0.6 is 0 Å². The quantitative estimate of drug-likeness (QED) is 0.827. The Morgan fingerprint density at radius 2 is 1.88 bits per heavy atom. The van der Waals surface area contributed by atoms with E-state index in [2.05, 4.69) is 21.8 Å². The number of carbonyl (C=O) groups excluding carboxylic acids is 2. The van der Waals surface area contributed by atoms with E-state index < -0.39 is 0 Å². The van der Waals surface area contributed by atoms with E-state index in [-0.39, 0.29) is 11.8 Å². The number of aromatic nitrogens is 2. The molecule has 0 aliphatic carbocycles. The van der Waals surface area contributed by atoms with E-state index in [9.17, 15) is 9.59 Å². The summed E-state index contributed by atoms with van der Waals surface area (Å²) in [5.41, 5.74) is 1.27. The molecule has 2 heterocycles. The minimum Gasteiger partial charge on any atom is -0.337 e. The predicted octanol–water partition coefficient (Wildman–Crippen LogP) is 1.50. The summed E-state index contributed by atoms with van der Waals surface area (Å²) in [5, 5.41) is 2.67. The Labute approximate surface area is 152 Å². The third-order valence-corrected chi connectivity index (χ3v) is 4.53. The maximum Gasteiger partial charge on any atom is 0.253 e. The number of aryl methyl sites for hydroxylation is 1. The molecule has 1 aromatic heterocycles. The van der Waals surface area contributed by atoms with Crippen LogP contribution in [0, 0.1) is 0 Å². The molecule has 0 atom stereocenters. The summed E-state index contributed by atoms with van der Waals surface area (Å²) < 4.78 is 2.02. The molecule has 0 spiro atoms. The average Bonchev–Trinajstić information content (AvgIpc) is 3.07. The van der Waals surface area contributed by atoms with E-state index in [0.29, 0.717) is 24.3 Å². The Hall–Kier alpha value is -2.93. The molecule has 0 unspecified atom stereocenters. The number of rotatable bonds is 5. The minimum absolute atomic E-state index is 0.0169. The molecule has 1 fully saturated rings. The fraction of sp³-hybridized carbons (Fsp3) is 0.316. The summed E-state index contributed by atoms with van der Waals surface area (Å²) >= 11 is 0. The molecular weight excluding hydrogens is 330 g/mol. The van der Waals surface area contributed by atoms with Crippen molar-refractivity contribution >= 4 is 17.5 Å². The second kappa shape index (κ2) is 7.97. The molecular formula is C19H23N5O2. The van der Waals surface area contributed by atoms with Gasteiger partial charge in [0.25, 0.3) is 5.91 Å². The molecule has 26 heavy (non-hydrogen) atoms. The Morgan fingerprint density at radius 1 is 1.19 bits per heavy atom. The van der Waals surface area contributed by atoms with Gasteiger partial charge in [-0.2, -0.15) is 0 Å². The van der Waals surface area contributed by atoms with Crippen LogP contribution in [-0.2, 0) is 18.4 Å². The topological polar surface area (TPSA) is 70.5 Å². The fourth-order valence-electron chi connectivity index (χ4n) is 2.93. The van der Waals surface area contributed by atoms with Crippen LogP contribution in [0.15, 0.2) is 49.3 Å². The first kappa shape index (κ1) is 17.9. The van der Waals surface area contributed by atoms with E-state index in [0.717, 1.165) is 25.5 Å². The van der Waals surface area contributed by atoms with Crippen molar-refractivity contribution in [2.24, 2.45) is 7.05 Å². The van der Waals surface area contributed by atoms with Crippen molar-refractivity contribution in [3.8, 4) is 0 Å². The second-order valence-electron chi connectivity index (χ2n) is 6.29. The second-order valence-corrected chi connectivity index (χ2v) is 6.29. The number of benzene rings is 1. The fourth-order valence-corrected chi connectivity index (χ4v) is 2.93. The first-order chi connectivity index (χ1) is 12.6. The van der Waals surface area contributed by atoms with Gasteiger partial charge in [-0.25, -0.2) is 4.98 Å². The monoisotopic (exact) mass is 353 g/mol. The van der Waals surface area contributed by atoms with Gasteiger partial charge in [-0.15, -0.1) is 0 Å². The smallest absolute Gasteiger partial charge is 0.253 e. The van der Waals surface area contributed by atoms with Crippen LogP contribution in [0.3, 0.4) is 0 Å². The van der Waals surface area contributed by atoms with Crippen LogP contribution < -0.4 is 5.32 Å². The largest absolute Gasteiger partial charge is 0.337 e. The van der Waals surface area contributed by atoms with Gasteiger partial charge in [-0.05, 0) is 30.3 Å². The lowest BCUT2D eigenvalue weighted by Gasteiger charge is -2.34. The van der Waals surface area contributed by atoms with Gasteiger partial charge in [0.1, 0.15) is 5.82 Å². The predicted molar refractivity (Wildman–Crippen MR) is 99.7 cm³/mol. The standard InChI is InChI=1S/C19H23N5O2/c1-3-18(25)21-16-6-4-15(5-7-16)19(26)24-12-10-23(11-13-24)14-17-20-8-9-22(17)2/h3-9H,1,10-14H2,2H3,(H,21,25). The number of hydrogen-bond acceptors (Lipinski definition) is 4. The van der Waals surface area contributed by atoms with Crippen LogP contribution in [0.4, 0.5) is 5.69 Å². The van der Waals surface area contributed by atoms with Gasteiger partial charge in [0.2, 0.25) is 5.91 Å². The molecule has 136 valence electrons. The molecule has 1 aliphatic heterocycles. The highest BCUT2D eigenvalue weighted by Gasteiger charge is 2.22. The zero-order valence-corrected chi connectivity index (χ0v) is 14.9. The van der Waals surface area contributed by atoms with Crippen LogP contribution in [0.25, 0.3) is 0 Å². The number of piperazine rings is 1. The molecule has 1 aromatic carbocycles. The lowest BCUT2D eigenvalue weighted by Crippen LogP contribution is -2.48. The Morgan fingerprint density at radius 3 is 2.46 bits per heavy atom. The van der Waals surface area contributed by atoms with Crippen molar-refractivity contribution in [1.82, 2.24) is 19.4 Å². The minimum atomic E-state index is -0.270. The first-order valence-corrected chi connectivity index (χ1v) is 8.58. The maximum absolute atomic E-state index is 12.7. The Bertz CT molecular complexity index is 789. The average molecular weight is 353 g/mol. The third kappa shape index (κ3) is 4.18. The lowest BCUT2D eigenvalue weighted by molar-refractivity contribution is -0.111. The SMILES string of the molecule is C=CC(=O)Nc1ccc(C(=O)N2CCN(Cc3nccn3C)CC2)cc1. The molecule has 2 amide bonds. The summed E-state index contributed by atoms with van der Waals surface area (Å²) in [7, 11) is 1.99. The molecule has 7 nitrogen and oxygen atoms in total. The van der Waals surface area contributed by atoms with Crippen LogP contribution in [0.2, 0.25) is 0 Å². The lowest BCUT2D eigenvalue weighted by atomic mass is 10.1. The highest BCUT2D eigenvalue weighted by molar-refractivity contribution is 5.99. The molecule has 1 saturated heterocycles. The summed E-state index contributed by atoms with van der Waals surface area (Å²) in [6.45, 7) is 7.25. The van der Waals surface area contributed by atoms with Gasteiger partial charge in [0.05, 0.1) is 6.54 Å². The molecule has 0 saturated carbocycles. The first-order valence-electron chi connectivity index (χ1n) is 8.58. The van der Waals surface area contributed by atoms with E-state index in [1.807, 2.05) is 22.7 Å². The summed E-state index contributed by atoms with van der Waals surface area (Å²) in [4.78, 5) is 32.5. The molecule has 0 radical (unpaired) electrons. The van der Waals surface area contributed by atoms with Crippen LogP contribution in [0.1, 0.15) is 16.2 Å². The number of anilines is 1. The maximum atomic E-state index is 12.7. The van der Waals surface area contributed by atoms with Gasteiger partial charge in [-0.1, -0.05) is 6.58 Å². The van der Waals surface area contributed by atoms with Crippen molar-refractivity contribution in [2.75, 3.05) is 31.5 Å². The van der Waals surface area contributed by atoms with E-state index in [1.165, 1.54) is 6.08 Å². The van der Waals surface area contributed by atoms with E-state index >= 15 is 0 Å². The van der Waals surface area contributed by atoms with Crippen molar-refractivity contribution in [1.29, 1.82) is 0 Å².